The van der Waals surface area contributed by atoms with Crippen LogP contribution in [0.4, 0.5) is 8.78 Å². The Morgan fingerprint density at radius 1 is 1.00 bits per heavy atom. The summed E-state index contributed by atoms with van der Waals surface area (Å²) >= 11 is 0.500. The summed E-state index contributed by atoms with van der Waals surface area (Å²) in [5, 5.41) is 10.4. The van der Waals surface area contributed by atoms with Gasteiger partial charge in [0.1, 0.15) is 17.0 Å². The normalized spacial score (nSPS) is 23.8. The number of benzene rings is 1. The van der Waals surface area contributed by atoms with Crippen LogP contribution in [0.1, 0.15) is 90.0 Å². The van der Waals surface area contributed by atoms with Gasteiger partial charge in [-0.1, -0.05) is 62.9 Å². The monoisotopic (exact) mass is 441 g/mol. The maximum atomic E-state index is 14.0. The molecule has 1 fully saturated rings. The number of nitrogens with zero attached hydrogens (tertiary/aromatic N) is 1. The van der Waals surface area contributed by atoms with Crippen molar-refractivity contribution in [1.29, 1.82) is 5.26 Å². The van der Waals surface area contributed by atoms with E-state index in [1.807, 2.05) is 0 Å². The first-order valence-corrected chi connectivity index (χ1v) is 12.6. The Morgan fingerprint density at radius 2 is 1.71 bits per heavy atom. The molecule has 1 unspecified atom stereocenters. The molecular weight excluding hydrogens is 408 g/mol. The predicted molar refractivity (Wildman–Crippen MR) is 124 cm³/mol. The van der Waals surface area contributed by atoms with Gasteiger partial charge in [0.2, 0.25) is 0 Å². The first-order valence-electron chi connectivity index (χ1n) is 11.8. The second kappa shape index (κ2) is 11.7. The summed E-state index contributed by atoms with van der Waals surface area (Å²) in [4.78, 5) is -0.260. The lowest BCUT2D eigenvalue weighted by molar-refractivity contribution is 0.183. The average Bonchev–Trinajstić information content (AvgIpc) is 2.76. The van der Waals surface area contributed by atoms with Gasteiger partial charge in [0.05, 0.1) is 4.90 Å². The molecule has 1 saturated carbocycles. The minimum atomic E-state index is -0.726. The minimum Gasteiger partial charge on any atom is -0.206 e. The zero-order valence-corrected chi connectivity index (χ0v) is 19.6. The third kappa shape index (κ3) is 6.60. The van der Waals surface area contributed by atoms with E-state index in [2.05, 4.69) is 25.7 Å². The quantitative estimate of drug-likeness (QED) is 0.191. The first-order chi connectivity index (χ1) is 15.0. The van der Waals surface area contributed by atoms with E-state index < -0.39 is 11.6 Å². The Morgan fingerprint density at radius 3 is 2.32 bits per heavy atom. The molecule has 2 aliphatic rings. The standard InChI is InChI=1S/C27H33F2NS/c1-3-4-5-6-20-7-11-23(12-8-20)24-14-13-22(19(2)15-24)10-9-21-16-25(28)27(31-18-30)26(29)17-21/h16-17,20,23-24H,3-8,11-15H2,1-2H3. The van der Waals surface area contributed by atoms with Crippen LogP contribution < -0.4 is 0 Å². The SMILES string of the molecule is CCCCCC1CCC(C2CCC(C#Cc3cc(F)c(SC#N)c(F)c3)=C(C)C2)CC1. The molecule has 1 atom stereocenters. The van der Waals surface area contributed by atoms with Gasteiger partial charge < -0.3 is 0 Å². The third-order valence-corrected chi connectivity index (χ3v) is 7.81. The van der Waals surface area contributed by atoms with Gasteiger partial charge in [-0.15, -0.1) is 0 Å². The number of unbranched alkanes of at least 4 members (excludes halogenated alkanes) is 2. The molecule has 3 rings (SSSR count). The summed E-state index contributed by atoms with van der Waals surface area (Å²) in [7, 11) is 0. The number of thiocyanates is 1. The Balaban J connectivity index is 1.57. The fourth-order valence-electron chi connectivity index (χ4n) is 5.29. The predicted octanol–water partition coefficient (Wildman–Crippen LogP) is 8.39. The van der Waals surface area contributed by atoms with Crippen LogP contribution in [0.2, 0.25) is 0 Å². The van der Waals surface area contributed by atoms with Gasteiger partial charge in [-0.3, -0.25) is 0 Å². The van der Waals surface area contributed by atoms with Crippen molar-refractivity contribution in [1.82, 2.24) is 0 Å². The van der Waals surface area contributed by atoms with Gasteiger partial charge in [0.15, 0.2) is 0 Å². The van der Waals surface area contributed by atoms with Crippen molar-refractivity contribution >= 4 is 11.8 Å². The van der Waals surface area contributed by atoms with Gasteiger partial charge in [-0.2, -0.15) is 5.26 Å². The molecular formula is C27H33F2NS. The third-order valence-electron chi connectivity index (χ3n) is 7.13. The van der Waals surface area contributed by atoms with Gasteiger partial charge in [-0.05, 0) is 80.7 Å². The van der Waals surface area contributed by atoms with Gasteiger partial charge >= 0.3 is 0 Å². The summed E-state index contributed by atoms with van der Waals surface area (Å²) < 4.78 is 28.0. The second-order valence-electron chi connectivity index (χ2n) is 9.25. The molecule has 1 aromatic rings. The van der Waals surface area contributed by atoms with E-state index in [-0.39, 0.29) is 4.90 Å². The highest BCUT2D eigenvalue weighted by Gasteiger charge is 2.29. The lowest BCUT2D eigenvalue weighted by Crippen LogP contribution is -2.24. The zero-order chi connectivity index (χ0) is 22.2. The first kappa shape index (κ1) is 23.9. The van der Waals surface area contributed by atoms with Crippen LogP contribution in [0.25, 0.3) is 0 Å². The zero-order valence-electron chi connectivity index (χ0n) is 18.8. The highest BCUT2D eigenvalue weighted by Crippen LogP contribution is 2.42. The van der Waals surface area contributed by atoms with Crippen molar-refractivity contribution in [3.63, 3.8) is 0 Å². The van der Waals surface area contributed by atoms with Crippen LogP contribution in [0.15, 0.2) is 28.2 Å². The fraction of sp³-hybridized carbons (Fsp3) is 0.593. The van der Waals surface area contributed by atoms with E-state index in [4.69, 9.17) is 5.26 Å². The number of halogens is 2. The number of hydrogen-bond acceptors (Lipinski definition) is 2. The lowest BCUT2D eigenvalue weighted by atomic mass is 9.69. The molecule has 0 N–H and O–H groups in total. The van der Waals surface area contributed by atoms with Crippen LogP contribution >= 0.6 is 11.8 Å². The summed E-state index contributed by atoms with van der Waals surface area (Å²) in [6, 6.07) is 2.44. The Bertz CT molecular complexity index is 871. The maximum Gasteiger partial charge on any atom is 0.142 e. The fourth-order valence-corrected chi connectivity index (χ4v) is 5.69. The second-order valence-corrected chi connectivity index (χ2v) is 10.0. The van der Waals surface area contributed by atoms with E-state index in [0.717, 1.165) is 36.2 Å². The molecule has 0 heterocycles. The van der Waals surface area contributed by atoms with Gasteiger partial charge in [0, 0.05) is 11.1 Å². The van der Waals surface area contributed by atoms with E-state index in [9.17, 15) is 8.78 Å². The maximum absolute atomic E-state index is 14.0. The summed E-state index contributed by atoms with van der Waals surface area (Å²) in [6.45, 7) is 4.44. The molecule has 0 radical (unpaired) electrons. The van der Waals surface area contributed by atoms with Crippen LogP contribution in [-0.4, -0.2) is 0 Å². The van der Waals surface area contributed by atoms with Crippen molar-refractivity contribution < 1.29 is 8.78 Å². The number of thioether (sulfide) groups is 1. The molecule has 0 aliphatic heterocycles. The van der Waals surface area contributed by atoms with Crippen molar-refractivity contribution in [3.05, 3.63) is 40.5 Å². The minimum absolute atomic E-state index is 0.260. The van der Waals surface area contributed by atoms with Crippen LogP contribution in [-0.2, 0) is 0 Å². The number of hydrogen-bond donors (Lipinski definition) is 0. The molecule has 0 spiro atoms. The van der Waals surface area contributed by atoms with Crippen LogP contribution in [0.3, 0.4) is 0 Å². The van der Waals surface area contributed by atoms with E-state index >= 15 is 0 Å². The Labute approximate surface area is 190 Å². The van der Waals surface area contributed by atoms with E-state index in [0.29, 0.717) is 17.3 Å². The molecule has 0 saturated heterocycles. The van der Waals surface area contributed by atoms with E-state index in [1.54, 1.807) is 5.40 Å². The molecule has 31 heavy (non-hydrogen) atoms. The summed E-state index contributed by atoms with van der Waals surface area (Å²) in [5.41, 5.74) is 2.79. The smallest absolute Gasteiger partial charge is 0.142 e. The molecule has 166 valence electrons. The molecule has 0 aromatic heterocycles. The topological polar surface area (TPSA) is 23.8 Å². The number of nitriles is 1. The van der Waals surface area contributed by atoms with Gasteiger partial charge in [0.25, 0.3) is 0 Å². The molecule has 0 amide bonds. The average molecular weight is 442 g/mol. The Kier molecular flexibility index (Phi) is 9.03. The molecule has 2 aliphatic carbocycles. The van der Waals surface area contributed by atoms with Crippen molar-refractivity contribution in [3.8, 4) is 17.2 Å². The molecule has 0 bridgehead atoms. The number of allylic oxidation sites excluding steroid dienone is 2. The number of rotatable bonds is 6. The van der Waals surface area contributed by atoms with Crippen molar-refractivity contribution in [2.45, 2.75) is 89.4 Å². The van der Waals surface area contributed by atoms with Gasteiger partial charge in [-0.25, -0.2) is 8.78 Å². The van der Waals surface area contributed by atoms with E-state index in [1.165, 1.54) is 75.5 Å². The highest BCUT2D eigenvalue weighted by atomic mass is 32.2. The molecule has 1 nitrogen and oxygen atoms in total. The largest absolute Gasteiger partial charge is 0.206 e. The van der Waals surface area contributed by atoms with Crippen LogP contribution in [0, 0.1) is 51.9 Å². The summed E-state index contributed by atoms with van der Waals surface area (Å²) in [5.74, 6) is 7.22. The van der Waals surface area contributed by atoms with Crippen LogP contribution in [0.5, 0.6) is 0 Å². The van der Waals surface area contributed by atoms with Crippen molar-refractivity contribution in [2.24, 2.45) is 17.8 Å². The Hall–Kier alpha value is -1.78. The highest BCUT2D eigenvalue weighted by molar-refractivity contribution is 8.03. The molecule has 4 heteroatoms. The summed E-state index contributed by atoms with van der Waals surface area (Å²) in [6.07, 6.45) is 14.3. The van der Waals surface area contributed by atoms with Crippen molar-refractivity contribution in [2.75, 3.05) is 0 Å². The molecule has 1 aromatic carbocycles. The lowest BCUT2D eigenvalue weighted by Gasteiger charge is -2.36.